The molecule has 2 amide bonds. The molecule has 2 N–H and O–H groups in total. The first-order valence-electron chi connectivity index (χ1n) is 7.76. The van der Waals surface area contributed by atoms with E-state index in [1.165, 1.54) is 6.08 Å². The number of likely N-dealkylation sites (tertiary alicyclic amines) is 1. The molecular weight excluding hydrogens is 284 g/mol. The summed E-state index contributed by atoms with van der Waals surface area (Å²) >= 11 is 0. The fourth-order valence-corrected chi connectivity index (χ4v) is 2.98. The van der Waals surface area contributed by atoms with Crippen molar-refractivity contribution in [3.05, 3.63) is 12.7 Å². The Morgan fingerprint density at radius 2 is 1.77 bits per heavy atom. The topological polar surface area (TPSA) is 78.9 Å². The molecule has 1 heterocycles. The normalized spacial score (nSPS) is 22.6. The molecular formula is C16H26N2O4. The number of hydrogen-bond donors (Lipinski definition) is 2. The van der Waals surface area contributed by atoms with Crippen molar-refractivity contribution < 1.29 is 19.4 Å². The highest BCUT2D eigenvalue weighted by Crippen LogP contribution is 2.49. The van der Waals surface area contributed by atoms with Crippen LogP contribution >= 0.6 is 0 Å². The summed E-state index contributed by atoms with van der Waals surface area (Å²) in [6.07, 6.45) is 3.26. The molecule has 1 aliphatic carbocycles. The maximum Gasteiger partial charge on any atom is 0.410 e. The highest BCUT2D eigenvalue weighted by atomic mass is 16.6. The quantitative estimate of drug-likeness (QED) is 0.776. The van der Waals surface area contributed by atoms with Gasteiger partial charge in [-0.3, -0.25) is 4.79 Å². The number of amides is 2. The van der Waals surface area contributed by atoms with Crippen molar-refractivity contribution in [1.82, 2.24) is 10.2 Å². The van der Waals surface area contributed by atoms with Gasteiger partial charge in [-0.15, -0.1) is 0 Å². The minimum Gasteiger partial charge on any atom is -0.444 e. The fraction of sp³-hybridized carbons (Fsp3) is 0.750. The number of ether oxygens (including phenoxy) is 1. The van der Waals surface area contributed by atoms with Gasteiger partial charge in [0.25, 0.3) is 0 Å². The van der Waals surface area contributed by atoms with E-state index in [0.29, 0.717) is 25.9 Å². The molecule has 0 spiro atoms. The zero-order valence-corrected chi connectivity index (χ0v) is 13.6. The van der Waals surface area contributed by atoms with E-state index in [-0.39, 0.29) is 12.0 Å². The Kier molecular flexibility index (Phi) is 4.26. The van der Waals surface area contributed by atoms with Crippen molar-refractivity contribution in [2.75, 3.05) is 13.1 Å². The SMILES string of the molecule is C=CC(=O)NC1(C2(O)CCN(C(=O)OC(C)(C)C)CC2)CC1. The highest BCUT2D eigenvalue weighted by Gasteiger charge is 2.60. The van der Waals surface area contributed by atoms with Gasteiger partial charge in [-0.2, -0.15) is 0 Å². The van der Waals surface area contributed by atoms with Crippen LogP contribution in [0.5, 0.6) is 0 Å². The van der Waals surface area contributed by atoms with E-state index < -0.39 is 16.7 Å². The largest absolute Gasteiger partial charge is 0.444 e. The van der Waals surface area contributed by atoms with Crippen molar-refractivity contribution in [3.63, 3.8) is 0 Å². The Morgan fingerprint density at radius 3 is 2.18 bits per heavy atom. The van der Waals surface area contributed by atoms with Crippen LogP contribution in [-0.4, -0.2) is 51.8 Å². The van der Waals surface area contributed by atoms with Gasteiger partial charge in [0.2, 0.25) is 5.91 Å². The van der Waals surface area contributed by atoms with E-state index in [0.717, 1.165) is 12.8 Å². The van der Waals surface area contributed by atoms with Gasteiger partial charge in [0.1, 0.15) is 5.60 Å². The van der Waals surface area contributed by atoms with Crippen molar-refractivity contribution in [2.45, 2.75) is 63.2 Å². The molecule has 22 heavy (non-hydrogen) atoms. The van der Waals surface area contributed by atoms with Crippen LogP contribution in [0.15, 0.2) is 12.7 Å². The molecule has 1 aliphatic heterocycles. The van der Waals surface area contributed by atoms with Crippen molar-refractivity contribution in [1.29, 1.82) is 0 Å². The Hall–Kier alpha value is -1.56. The molecule has 2 rings (SSSR count). The lowest BCUT2D eigenvalue weighted by atomic mass is 9.82. The first-order chi connectivity index (χ1) is 10.1. The standard InChI is InChI=1S/C16H26N2O4/c1-5-12(19)17-15(6-7-15)16(21)8-10-18(11-9-16)13(20)22-14(2,3)4/h5,21H,1,6-11H2,2-4H3,(H,17,19). The summed E-state index contributed by atoms with van der Waals surface area (Å²) in [5.74, 6) is -0.263. The molecule has 0 aromatic heterocycles. The van der Waals surface area contributed by atoms with E-state index >= 15 is 0 Å². The van der Waals surface area contributed by atoms with Gasteiger partial charge in [-0.1, -0.05) is 6.58 Å². The maximum atomic E-state index is 12.1. The van der Waals surface area contributed by atoms with E-state index in [9.17, 15) is 14.7 Å². The van der Waals surface area contributed by atoms with Crippen LogP contribution in [0, 0.1) is 0 Å². The minimum atomic E-state index is -0.968. The summed E-state index contributed by atoms with van der Waals surface area (Å²) in [5.41, 5.74) is -2.05. The molecule has 2 aliphatic rings. The smallest absolute Gasteiger partial charge is 0.410 e. The van der Waals surface area contributed by atoms with Gasteiger partial charge in [-0.05, 0) is 52.5 Å². The second-order valence-corrected chi connectivity index (χ2v) is 7.27. The predicted octanol–water partition coefficient (Wildman–Crippen LogP) is 1.58. The summed E-state index contributed by atoms with van der Waals surface area (Å²) < 4.78 is 5.35. The van der Waals surface area contributed by atoms with Crippen LogP contribution < -0.4 is 5.32 Å². The highest BCUT2D eigenvalue weighted by molar-refractivity contribution is 5.88. The Balaban J connectivity index is 1.95. The third kappa shape index (κ3) is 3.43. The third-order valence-corrected chi connectivity index (χ3v) is 4.43. The monoisotopic (exact) mass is 310 g/mol. The molecule has 0 radical (unpaired) electrons. The number of aliphatic hydroxyl groups is 1. The number of carbonyl (C=O) groups excluding carboxylic acids is 2. The second-order valence-electron chi connectivity index (χ2n) is 7.27. The number of rotatable bonds is 3. The Bertz CT molecular complexity index is 469. The summed E-state index contributed by atoms with van der Waals surface area (Å²) in [7, 11) is 0. The van der Waals surface area contributed by atoms with E-state index in [4.69, 9.17) is 4.74 Å². The zero-order chi connectivity index (χ0) is 16.6. The van der Waals surface area contributed by atoms with Crippen molar-refractivity contribution >= 4 is 12.0 Å². The first kappa shape index (κ1) is 16.8. The second kappa shape index (κ2) is 5.57. The molecule has 6 nitrogen and oxygen atoms in total. The lowest BCUT2D eigenvalue weighted by Gasteiger charge is -2.43. The summed E-state index contributed by atoms with van der Waals surface area (Å²) in [6.45, 7) is 9.79. The van der Waals surface area contributed by atoms with Gasteiger partial charge in [-0.25, -0.2) is 4.79 Å². The van der Waals surface area contributed by atoms with Crippen LogP contribution in [0.1, 0.15) is 46.5 Å². The predicted molar refractivity (Wildman–Crippen MR) is 82.3 cm³/mol. The van der Waals surface area contributed by atoms with E-state index in [1.807, 2.05) is 20.8 Å². The lowest BCUT2D eigenvalue weighted by molar-refractivity contribution is -0.122. The first-order valence-corrected chi connectivity index (χ1v) is 7.76. The number of hydrogen-bond acceptors (Lipinski definition) is 4. The molecule has 6 heteroatoms. The molecule has 2 fully saturated rings. The molecule has 0 unspecified atom stereocenters. The molecule has 124 valence electrons. The number of piperidine rings is 1. The van der Waals surface area contributed by atoms with E-state index in [1.54, 1.807) is 4.90 Å². The molecule has 0 atom stereocenters. The summed E-state index contributed by atoms with van der Waals surface area (Å²) in [6, 6.07) is 0. The minimum absolute atomic E-state index is 0.263. The summed E-state index contributed by atoms with van der Waals surface area (Å²) in [5, 5.41) is 13.8. The van der Waals surface area contributed by atoms with Gasteiger partial charge in [0.15, 0.2) is 0 Å². The maximum absolute atomic E-state index is 12.1. The van der Waals surface area contributed by atoms with Crippen LogP contribution in [0.25, 0.3) is 0 Å². The van der Waals surface area contributed by atoms with Gasteiger partial charge in [0.05, 0.1) is 11.1 Å². The van der Waals surface area contributed by atoms with Gasteiger partial charge < -0.3 is 20.1 Å². The van der Waals surface area contributed by atoms with Crippen LogP contribution in [0.4, 0.5) is 4.79 Å². The van der Waals surface area contributed by atoms with Crippen molar-refractivity contribution in [3.8, 4) is 0 Å². The van der Waals surface area contributed by atoms with Gasteiger partial charge in [0, 0.05) is 13.1 Å². The number of carbonyl (C=O) groups is 2. The van der Waals surface area contributed by atoms with Crippen LogP contribution in [-0.2, 0) is 9.53 Å². The lowest BCUT2D eigenvalue weighted by Crippen LogP contribution is -2.60. The fourth-order valence-electron chi connectivity index (χ4n) is 2.98. The molecule has 0 aromatic carbocycles. The third-order valence-electron chi connectivity index (χ3n) is 4.43. The number of nitrogens with zero attached hydrogens (tertiary/aromatic N) is 1. The Labute approximate surface area is 131 Å². The average molecular weight is 310 g/mol. The molecule has 1 saturated carbocycles. The Morgan fingerprint density at radius 1 is 1.23 bits per heavy atom. The van der Waals surface area contributed by atoms with Crippen LogP contribution in [0.3, 0.4) is 0 Å². The van der Waals surface area contributed by atoms with E-state index in [2.05, 4.69) is 11.9 Å². The average Bonchev–Trinajstić information content (AvgIpc) is 3.18. The van der Waals surface area contributed by atoms with Crippen LogP contribution in [0.2, 0.25) is 0 Å². The molecule has 0 aromatic rings. The van der Waals surface area contributed by atoms with Crippen molar-refractivity contribution in [2.24, 2.45) is 0 Å². The van der Waals surface area contributed by atoms with Gasteiger partial charge >= 0.3 is 6.09 Å². The zero-order valence-electron chi connectivity index (χ0n) is 13.6. The molecule has 0 bridgehead atoms. The summed E-state index contributed by atoms with van der Waals surface area (Å²) in [4.78, 5) is 25.2. The number of nitrogens with one attached hydrogen (secondary N) is 1. The molecule has 1 saturated heterocycles.